The Labute approximate surface area is 88.0 Å². The number of thiophene rings is 1. The van der Waals surface area contributed by atoms with E-state index in [0.717, 1.165) is 11.3 Å². The monoisotopic (exact) mass is 208 g/mol. The van der Waals surface area contributed by atoms with E-state index in [4.69, 9.17) is 0 Å². The molecule has 1 aromatic heterocycles. The molecule has 0 amide bonds. The van der Waals surface area contributed by atoms with Crippen molar-refractivity contribution in [3.05, 3.63) is 28.6 Å². The molecular weight excluding hydrogens is 196 g/mol. The summed E-state index contributed by atoms with van der Waals surface area (Å²) in [5.41, 5.74) is 2.72. The smallest absolute Gasteiger partial charge is 0.0481 e. The first-order valence-corrected chi connectivity index (χ1v) is 5.75. The second-order valence-corrected chi connectivity index (χ2v) is 4.58. The molecule has 0 radical (unpaired) electrons. The van der Waals surface area contributed by atoms with Crippen LogP contribution in [-0.4, -0.2) is 0 Å². The summed E-state index contributed by atoms with van der Waals surface area (Å²) in [5, 5.41) is 3.49. The Morgan fingerprint density at radius 2 is 2.23 bits per heavy atom. The van der Waals surface area contributed by atoms with Crippen LogP contribution in [-0.2, 0) is 6.42 Å². The van der Waals surface area contributed by atoms with E-state index in [1.54, 1.807) is 11.3 Å². The van der Waals surface area contributed by atoms with Gasteiger partial charge in [0.2, 0.25) is 0 Å². The van der Waals surface area contributed by atoms with Gasteiger partial charge >= 0.3 is 0 Å². The van der Waals surface area contributed by atoms with Crippen LogP contribution < -0.4 is 0 Å². The molecule has 1 heterocycles. The van der Waals surface area contributed by atoms with Gasteiger partial charge in [0.25, 0.3) is 0 Å². The lowest BCUT2D eigenvalue weighted by Crippen LogP contribution is -1.85. The molecule has 0 N–H and O–H groups in total. The normalized spacial score (nSPS) is 11.0. The molecule has 0 fully saturated rings. The molecule has 0 nitrogen and oxygen atoms in total. The molecule has 0 bridgehead atoms. The number of aryl methyl sites for hydroxylation is 2. The highest BCUT2D eigenvalue weighted by Crippen LogP contribution is 2.32. The fraction of sp³-hybridized carbons (Fsp3) is 0.273. The Morgan fingerprint density at radius 3 is 2.92 bits per heavy atom. The Balaban J connectivity index is 2.85. The molecule has 0 unspecified atom stereocenters. The summed E-state index contributed by atoms with van der Waals surface area (Å²) in [6.45, 7) is 4.34. The van der Waals surface area contributed by atoms with Crippen molar-refractivity contribution in [1.82, 2.24) is 0 Å². The molecule has 0 aliphatic heterocycles. The summed E-state index contributed by atoms with van der Waals surface area (Å²) in [5.74, 6) is 0. The fourth-order valence-corrected chi connectivity index (χ4v) is 3.07. The first-order valence-electron chi connectivity index (χ1n) is 4.42. The number of hydrogen-bond donors (Lipinski definition) is 1. The highest BCUT2D eigenvalue weighted by Gasteiger charge is 2.06. The first kappa shape index (κ1) is 9.10. The largest absolute Gasteiger partial charge is 0.143 e. The lowest BCUT2D eigenvalue weighted by atomic mass is 10.1. The molecule has 2 rings (SSSR count). The van der Waals surface area contributed by atoms with E-state index in [1.165, 1.54) is 21.2 Å². The second-order valence-electron chi connectivity index (χ2n) is 3.22. The van der Waals surface area contributed by atoms with E-state index < -0.39 is 0 Å². The topological polar surface area (TPSA) is 0 Å². The summed E-state index contributed by atoms with van der Waals surface area (Å²) >= 11 is 6.35. The van der Waals surface area contributed by atoms with Gasteiger partial charge in [-0.05, 0) is 41.3 Å². The van der Waals surface area contributed by atoms with Crippen molar-refractivity contribution in [2.24, 2.45) is 0 Å². The molecule has 0 saturated carbocycles. The van der Waals surface area contributed by atoms with Gasteiger partial charge in [-0.1, -0.05) is 13.0 Å². The zero-order valence-electron chi connectivity index (χ0n) is 7.79. The van der Waals surface area contributed by atoms with Gasteiger partial charge < -0.3 is 0 Å². The van der Waals surface area contributed by atoms with Crippen LogP contribution in [0.2, 0.25) is 0 Å². The Hall–Kier alpha value is -0.470. The lowest BCUT2D eigenvalue weighted by Gasteiger charge is -2.05. The molecule has 13 heavy (non-hydrogen) atoms. The third kappa shape index (κ3) is 1.38. The second kappa shape index (κ2) is 3.35. The molecule has 1 aromatic carbocycles. The maximum Gasteiger partial charge on any atom is 0.0481 e. The highest BCUT2D eigenvalue weighted by molar-refractivity contribution is 7.80. The van der Waals surface area contributed by atoms with E-state index in [9.17, 15) is 0 Å². The van der Waals surface area contributed by atoms with Crippen LogP contribution in [0.25, 0.3) is 10.1 Å². The summed E-state index contributed by atoms with van der Waals surface area (Å²) in [7, 11) is 0. The number of hydrogen-bond acceptors (Lipinski definition) is 2. The van der Waals surface area contributed by atoms with Crippen molar-refractivity contribution in [2.45, 2.75) is 25.2 Å². The number of benzene rings is 1. The van der Waals surface area contributed by atoms with Gasteiger partial charge in [0, 0.05) is 9.60 Å². The van der Waals surface area contributed by atoms with E-state index in [-0.39, 0.29) is 0 Å². The van der Waals surface area contributed by atoms with Gasteiger partial charge in [-0.25, -0.2) is 0 Å². The minimum atomic E-state index is 1.06. The van der Waals surface area contributed by atoms with Gasteiger partial charge in [-0.2, -0.15) is 0 Å². The van der Waals surface area contributed by atoms with Crippen molar-refractivity contribution in [3.8, 4) is 0 Å². The average molecular weight is 208 g/mol. The van der Waals surface area contributed by atoms with Crippen LogP contribution in [0.3, 0.4) is 0 Å². The highest BCUT2D eigenvalue weighted by atomic mass is 32.1. The van der Waals surface area contributed by atoms with E-state index in [2.05, 4.69) is 44.0 Å². The quantitative estimate of drug-likeness (QED) is 0.671. The van der Waals surface area contributed by atoms with Crippen molar-refractivity contribution in [2.75, 3.05) is 0 Å². The van der Waals surface area contributed by atoms with E-state index >= 15 is 0 Å². The summed E-state index contributed by atoms with van der Waals surface area (Å²) in [6.07, 6.45) is 1.06. The number of thiol groups is 1. The van der Waals surface area contributed by atoms with E-state index in [1.807, 2.05) is 0 Å². The summed E-state index contributed by atoms with van der Waals surface area (Å²) < 4.78 is 1.33. The molecule has 0 atom stereocenters. The molecule has 0 saturated heterocycles. The van der Waals surface area contributed by atoms with Crippen molar-refractivity contribution in [3.63, 3.8) is 0 Å². The molecular formula is C11H12S2. The third-order valence-electron chi connectivity index (χ3n) is 2.38. The minimum Gasteiger partial charge on any atom is -0.143 e. The maximum atomic E-state index is 4.57. The average Bonchev–Trinajstić information content (AvgIpc) is 2.60. The Bertz CT molecular complexity index is 441. The number of fused-ring (bicyclic) bond motifs is 1. The molecule has 0 aliphatic rings. The SMILES string of the molecule is CCc1cc(C)c2ccsc2c1S. The summed E-state index contributed by atoms with van der Waals surface area (Å²) in [6, 6.07) is 4.42. The summed E-state index contributed by atoms with van der Waals surface area (Å²) in [4.78, 5) is 1.16. The van der Waals surface area contributed by atoms with Crippen LogP contribution >= 0.6 is 24.0 Å². The predicted molar refractivity (Wildman–Crippen MR) is 63.2 cm³/mol. The van der Waals surface area contributed by atoms with Crippen LogP contribution in [0.1, 0.15) is 18.1 Å². The Kier molecular flexibility index (Phi) is 2.35. The van der Waals surface area contributed by atoms with Crippen molar-refractivity contribution < 1.29 is 0 Å². The van der Waals surface area contributed by atoms with Crippen LogP contribution in [0.5, 0.6) is 0 Å². The van der Waals surface area contributed by atoms with Crippen molar-refractivity contribution in [1.29, 1.82) is 0 Å². The maximum absolute atomic E-state index is 4.57. The minimum absolute atomic E-state index is 1.06. The predicted octanol–water partition coefficient (Wildman–Crippen LogP) is 4.06. The third-order valence-corrected chi connectivity index (χ3v) is 3.97. The molecule has 2 aromatic rings. The van der Waals surface area contributed by atoms with Crippen LogP contribution in [0, 0.1) is 6.92 Å². The lowest BCUT2D eigenvalue weighted by molar-refractivity contribution is 1.09. The van der Waals surface area contributed by atoms with Gasteiger partial charge in [0.1, 0.15) is 0 Å². The van der Waals surface area contributed by atoms with Gasteiger partial charge in [-0.3, -0.25) is 0 Å². The number of rotatable bonds is 1. The van der Waals surface area contributed by atoms with Crippen LogP contribution in [0.4, 0.5) is 0 Å². The zero-order valence-corrected chi connectivity index (χ0v) is 9.51. The molecule has 0 spiro atoms. The fourth-order valence-electron chi connectivity index (χ4n) is 1.63. The Morgan fingerprint density at radius 1 is 1.46 bits per heavy atom. The molecule has 0 aliphatic carbocycles. The van der Waals surface area contributed by atoms with E-state index in [0.29, 0.717) is 0 Å². The molecule has 68 valence electrons. The molecule has 2 heteroatoms. The first-order chi connectivity index (χ1) is 6.24. The van der Waals surface area contributed by atoms with Gasteiger partial charge in [0.05, 0.1) is 0 Å². The van der Waals surface area contributed by atoms with Crippen LogP contribution in [0.15, 0.2) is 22.4 Å². The van der Waals surface area contributed by atoms with Gasteiger partial charge in [-0.15, -0.1) is 24.0 Å². The van der Waals surface area contributed by atoms with Gasteiger partial charge in [0.15, 0.2) is 0 Å². The standard InChI is InChI=1S/C11H12S2/c1-3-8-6-7(2)9-4-5-13-11(9)10(8)12/h4-6,12H,3H2,1-2H3. The van der Waals surface area contributed by atoms with Crippen molar-refractivity contribution >= 4 is 34.1 Å². The zero-order chi connectivity index (χ0) is 9.42.